The fourth-order valence-corrected chi connectivity index (χ4v) is 5.30. The first-order valence-corrected chi connectivity index (χ1v) is 11.2. The predicted octanol–water partition coefficient (Wildman–Crippen LogP) is 2.42. The Morgan fingerprint density at radius 3 is 2.81 bits per heavy atom. The minimum Gasteiger partial charge on any atom is -0.365 e. The SMILES string of the molecule is CCN(CC(=O)Nc1sc2c(c1C(N)=O)CCCC2)Cc1nc2ccccc2c(=O)[nH]1. The summed E-state index contributed by atoms with van der Waals surface area (Å²) >= 11 is 1.45. The van der Waals surface area contributed by atoms with Crippen molar-refractivity contribution < 1.29 is 9.59 Å². The average Bonchev–Trinajstić information content (AvgIpc) is 3.11. The molecule has 1 aliphatic carbocycles. The van der Waals surface area contributed by atoms with E-state index >= 15 is 0 Å². The second-order valence-electron chi connectivity index (χ2n) is 7.66. The average molecular weight is 440 g/mol. The molecule has 0 spiro atoms. The molecule has 1 aliphatic rings. The fraction of sp³-hybridized carbons (Fsp3) is 0.364. The third kappa shape index (κ3) is 4.52. The molecule has 2 aromatic heterocycles. The lowest BCUT2D eigenvalue weighted by atomic mass is 9.95. The van der Waals surface area contributed by atoms with Crippen molar-refractivity contribution in [2.24, 2.45) is 5.73 Å². The van der Waals surface area contributed by atoms with Gasteiger partial charge in [0.05, 0.1) is 29.6 Å². The summed E-state index contributed by atoms with van der Waals surface area (Å²) in [6, 6.07) is 7.15. The molecule has 2 heterocycles. The van der Waals surface area contributed by atoms with Crippen molar-refractivity contribution in [1.29, 1.82) is 0 Å². The first-order valence-electron chi connectivity index (χ1n) is 10.4. The molecule has 0 atom stereocenters. The van der Waals surface area contributed by atoms with Gasteiger partial charge in [0, 0.05) is 4.88 Å². The van der Waals surface area contributed by atoms with Gasteiger partial charge in [-0.1, -0.05) is 19.1 Å². The molecule has 4 N–H and O–H groups in total. The molecule has 4 rings (SSSR count). The molecule has 0 unspecified atom stereocenters. The summed E-state index contributed by atoms with van der Waals surface area (Å²) in [5.74, 6) is -0.228. The van der Waals surface area contributed by atoms with Crippen LogP contribution in [0.5, 0.6) is 0 Å². The highest BCUT2D eigenvalue weighted by Gasteiger charge is 2.25. The van der Waals surface area contributed by atoms with Crippen molar-refractivity contribution in [3.05, 3.63) is 56.4 Å². The van der Waals surface area contributed by atoms with Gasteiger partial charge in [-0.05, 0) is 49.9 Å². The van der Waals surface area contributed by atoms with Gasteiger partial charge >= 0.3 is 0 Å². The van der Waals surface area contributed by atoms with Gasteiger partial charge in [-0.15, -0.1) is 11.3 Å². The Kier molecular flexibility index (Phi) is 6.15. The Morgan fingerprint density at radius 2 is 2.03 bits per heavy atom. The molecule has 8 nitrogen and oxygen atoms in total. The molecule has 2 amide bonds. The van der Waals surface area contributed by atoms with Gasteiger partial charge in [-0.3, -0.25) is 19.3 Å². The maximum atomic E-state index is 12.7. The van der Waals surface area contributed by atoms with E-state index in [1.165, 1.54) is 11.3 Å². The molecule has 0 saturated heterocycles. The number of hydrogen-bond donors (Lipinski definition) is 3. The number of thiophene rings is 1. The monoisotopic (exact) mass is 439 g/mol. The Labute approximate surface area is 183 Å². The van der Waals surface area contributed by atoms with Gasteiger partial charge in [-0.2, -0.15) is 0 Å². The van der Waals surface area contributed by atoms with Crippen LogP contribution in [0, 0.1) is 0 Å². The molecular formula is C22H25N5O3S. The van der Waals surface area contributed by atoms with Crippen LogP contribution in [0.2, 0.25) is 0 Å². The van der Waals surface area contributed by atoms with Crippen LogP contribution in [-0.4, -0.2) is 39.8 Å². The van der Waals surface area contributed by atoms with Crippen LogP contribution in [0.15, 0.2) is 29.1 Å². The lowest BCUT2D eigenvalue weighted by Crippen LogP contribution is -2.34. The smallest absolute Gasteiger partial charge is 0.258 e. The lowest BCUT2D eigenvalue weighted by molar-refractivity contribution is -0.117. The van der Waals surface area contributed by atoms with Gasteiger partial charge in [0.2, 0.25) is 5.91 Å². The highest BCUT2D eigenvalue weighted by atomic mass is 32.1. The van der Waals surface area contributed by atoms with Gasteiger partial charge < -0.3 is 16.0 Å². The number of H-pyrrole nitrogens is 1. The molecular weight excluding hydrogens is 414 g/mol. The number of likely N-dealkylation sites (N-methyl/N-ethyl adjacent to an activating group) is 1. The van der Waals surface area contributed by atoms with Crippen LogP contribution >= 0.6 is 11.3 Å². The topological polar surface area (TPSA) is 121 Å². The molecule has 0 radical (unpaired) electrons. The van der Waals surface area contributed by atoms with E-state index in [1.807, 2.05) is 17.9 Å². The number of aromatic amines is 1. The summed E-state index contributed by atoms with van der Waals surface area (Å²) in [5.41, 5.74) is 7.48. The summed E-state index contributed by atoms with van der Waals surface area (Å²) < 4.78 is 0. The molecule has 0 fully saturated rings. The standard InChI is InChI=1S/C22H25N5O3S/c1-2-27(11-17-24-15-9-5-3-7-13(15)21(30)25-17)12-18(28)26-22-19(20(23)29)14-8-4-6-10-16(14)31-22/h3,5,7,9H,2,4,6,8,10-12H2,1H3,(H2,23,29)(H,26,28)(H,24,25,30). The van der Waals surface area contributed by atoms with E-state index in [4.69, 9.17) is 5.73 Å². The summed E-state index contributed by atoms with van der Waals surface area (Å²) in [5, 5.41) is 3.96. The Hall–Kier alpha value is -3.04. The van der Waals surface area contributed by atoms with Crippen LogP contribution in [0.3, 0.4) is 0 Å². The molecule has 162 valence electrons. The first-order chi connectivity index (χ1) is 15.0. The molecule has 1 aromatic carbocycles. The van der Waals surface area contributed by atoms with Gasteiger partial charge in [0.25, 0.3) is 11.5 Å². The van der Waals surface area contributed by atoms with E-state index in [-0.39, 0.29) is 18.0 Å². The quantitative estimate of drug-likeness (QED) is 0.522. The minimum absolute atomic E-state index is 0.105. The molecule has 0 aliphatic heterocycles. The molecule has 31 heavy (non-hydrogen) atoms. The number of amides is 2. The predicted molar refractivity (Wildman–Crippen MR) is 121 cm³/mol. The van der Waals surface area contributed by atoms with Crippen LogP contribution in [-0.2, 0) is 24.2 Å². The number of para-hydroxylation sites is 1. The van der Waals surface area contributed by atoms with Crippen molar-refractivity contribution in [2.45, 2.75) is 39.2 Å². The van der Waals surface area contributed by atoms with Crippen molar-refractivity contribution in [3.63, 3.8) is 0 Å². The summed E-state index contributed by atoms with van der Waals surface area (Å²) in [6.07, 6.45) is 3.85. The number of anilines is 1. The number of nitrogens with one attached hydrogen (secondary N) is 2. The zero-order valence-corrected chi connectivity index (χ0v) is 18.2. The van der Waals surface area contributed by atoms with Crippen molar-refractivity contribution in [3.8, 4) is 0 Å². The maximum Gasteiger partial charge on any atom is 0.258 e. The van der Waals surface area contributed by atoms with E-state index in [0.29, 0.717) is 40.4 Å². The highest BCUT2D eigenvalue weighted by molar-refractivity contribution is 7.17. The van der Waals surface area contributed by atoms with Crippen molar-refractivity contribution in [2.75, 3.05) is 18.4 Å². The Balaban J connectivity index is 1.48. The number of aromatic nitrogens is 2. The van der Waals surface area contributed by atoms with E-state index in [0.717, 1.165) is 36.1 Å². The van der Waals surface area contributed by atoms with Gasteiger partial charge in [0.1, 0.15) is 10.8 Å². The van der Waals surface area contributed by atoms with E-state index in [1.54, 1.807) is 18.2 Å². The van der Waals surface area contributed by atoms with E-state index in [9.17, 15) is 14.4 Å². The van der Waals surface area contributed by atoms with E-state index < -0.39 is 5.91 Å². The first kappa shape index (κ1) is 21.2. The number of primary amides is 1. The largest absolute Gasteiger partial charge is 0.365 e. The maximum absolute atomic E-state index is 12.7. The van der Waals surface area contributed by atoms with Crippen LogP contribution < -0.4 is 16.6 Å². The molecule has 0 bridgehead atoms. The number of hydrogen-bond acceptors (Lipinski definition) is 6. The number of carbonyl (C=O) groups is 2. The van der Waals surface area contributed by atoms with Gasteiger partial charge in [-0.25, -0.2) is 4.98 Å². The third-order valence-electron chi connectivity index (χ3n) is 5.52. The summed E-state index contributed by atoms with van der Waals surface area (Å²) in [4.78, 5) is 47.4. The molecule has 0 saturated carbocycles. The second kappa shape index (κ2) is 8.99. The van der Waals surface area contributed by atoms with Gasteiger partial charge in [0.15, 0.2) is 0 Å². The van der Waals surface area contributed by atoms with Crippen LogP contribution in [0.25, 0.3) is 10.9 Å². The summed E-state index contributed by atoms with van der Waals surface area (Å²) in [6.45, 7) is 2.96. The number of aryl methyl sites for hydroxylation is 1. The summed E-state index contributed by atoms with van der Waals surface area (Å²) in [7, 11) is 0. The normalized spacial score (nSPS) is 13.4. The zero-order valence-electron chi connectivity index (χ0n) is 17.4. The van der Waals surface area contributed by atoms with Crippen molar-refractivity contribution >= 4 is 39.1 Å². The van der Waals surface area contributed by atoms with Crippen LogP contribution in [0.1, 0.15) is 46.4 Å². The highest BCUT2D eigenvalue weighted by Crippen LogP contribution is 2.37. The number of benzene rings is 1. The third-order valence-corrected chi connectivity index (χ3v) is 6.73. The minimum atomic E-state index is -0.500. The number of rotatable bonds is 7. The Bertz CT molecular complexity index is 1200. The van der Waals surface area contributed by atoms with E-state index in [2.05, 4.69) is 15.3 Å². The van der Waals surface area contributed by atoms with Crippen molar-refractivity contribution in [1.82, 2.24) is 14.9 Å². The molecule has 9 heteroatoms. The lowest BCUT2D eigenvalue weighted by Gasteiger charge is -2.19. The number of nitrogens with two attached hydrogens (primary N) is 1. The number of nitrogens with zero attached hydrogens (tertiary/aromatic N) is 2. The van der Waals surface area contributed by atoms with Crippen LogP contribution in [0.4, 0.5) is 5.00 Å². The number of fused-ring (bicyclic) bond motifs is 2. The zero-order chi connectivity index (χ0) is 22.0. The fourth-order valence-electron chi connectivity index (χ4n) is 3.98. The Morgan fingerprint density at radius 1 is 1.26 bits per heavy atom. The number of carbonyl (C=O) groups excluding carboxylic acids is 2. The molecule has 3 aromatic rings. The second-order valence-corrected chi connectivity index (χ2v) is 8.77.